The van der Waals surface area contributed by atoms with E-state index in [0.29, 0.717) is 6.42 Å². The number of ether oxygens (including phenoxy) is 2. The number of hydrogen-bond acceptors (Lipinski definition) is 10. The molecule has 0 amide bonds. The van der Waals surface area contributed by atoms with Crippen LogP contribution in [0.3, 0.4) is 0 Å². The van der Waals surface area contributed by atoms with Crippen molar-refractivity contribution in [3.63, 3.8) is 0 Å². The predicted molar refractivity (Wildman–Crippen MR) is 205 cm³/mol. The van der Waals surface area contributed by atoms with Crippen molar-refractivity contribution in [1.82, 2.24) is 5.32 Å². The third-order valence-corrected chi connectivity index (χ3v) is 11.2. The molecule has 0 saturated carbocycles. The normalized spacial score (nSPS) is 25.6. The third kappa shape index (κ3) is 24.2. The molecule has 0 aromatic heterocycles. The molecule has 9 unspecified atom stereocenters. The van der Waals surface area contributed by atoms with E-state index in [4.69, 9.17) is 15.2 Å². The number of hydrogen-bond donors (Lipinski definition) is 7. The van der Waals surface area contributed by atoms with Gasteiger partial charge in [-0.15, -0.1) is 0 Å². The Morgan fingerprint density at radius 1 is 0.780 bits per heavy atom. The molecule has 2 rings (SSSR count). The monoisotopic (exact) mass is 737 g/mol. The molecule has 300 valence electrons. The second-order valence-electron chi connectivity index (χ2n) is 15.0. The fraction of sp³-hybridized carbons (Fsp3) is 1.00. The minimum atomic E-state index is -1.49. The maximum atomic E-state index is 10.9. The van der Waals surface area contributed by atoms with Crippen LogP contribution < -0.4 is 11.1 Å². The van der Waals surface area contributed by atoms with Gasteiger partial charge in [-0.05, 0) is 44.7 Å². The summed E-state index contributed by atoms with van der Waals surface area (Å²) in [6.45, 7) is 4.17. The number of aliphatic hydroxyl groups is 5. The van der Waals surface area contributed by atoms with E-state index < -0.39 is 60.3 Å². The summed E-state index contributed by atoms with van der Waals surface area (Å²) < 4.78 is 21.5. The Bertz CT molecular complexity index is 776. The van der Waals surface area contributed by atoms with Crippen LogP contribution >= 0.6 is 0 Å². The molecule has 0 spiro atoms. The standard InChI is InChI=1S/C24H49NO7.C15H31NOS/c1-2-3-4-5-6-7-8-9-10-11-12-13-14-15-19(27)18(25)17-31-24-23(30)22(29)21(28)20(16-26)32-24;1-18(17)13-9-7-5-3-2-4-6-8-10-15-11-12-16-14-15/h18-24,26-30H,2-17,25H2,1H3;15-16H,2-14H2,1H3. The van der Waals surface area contributed by atoms with Gasteiger partial charge in [0.2, 0.25) is 0 Å². The first-order chi connectivity index (χ1) is 24.2. The Balaban J connectivity index is 0.000000585. The summed E-state index contributed by atoms with van der Waals surface area (Å²) in [5.74, 6) is 1.87. The van der Waals surface area contributed by atoms with Crippen molar-refractivity contribution >= 4 is 10.8 Å². The van der Waals surface area contributed by atoms with E-state index in [1.807, 2.05) is 0 Å². The maximum Gasteiger partial charge on any atom is 0.186 e. The summed E-state index contributed by atoms with van der Waals surface area (Å²) in [6, 6.07) is -0.653. The summed E-state index contributed by atoms with van der Waals surface area (Å²) in [4.78, 5) is 0. The van der Waals surface area contributed by atoms with Crippen molar-refractivity contribution in [3.8, 4) is 0 Å². The number of nitrogens with one attached hydrogen (secondary N) is 1. The van der Waals surface area contributed by atoms with Crippen molar-refractivity contribution in [2.45, 2.75) is 204 Å². The highest BCUT2D eigenvalue weighted by Crippen LogP contribution is 2.23. The molecule has 9 atom stereocenters. The lowest BCUT2D eigenvalue weighted by atomic mass is 9.99. The van der Waals surface area contributed by atoms with Gasteiger partial charge in [-0.3, -0.25) is 4.21 Å². The van der Waals surface area contributed by atoms with E-state index in [9.17, 15) is 29.7 Å². The molecule has 11 heteroatoms. The number of aliphatic hydroxyl groups excluding tert-OH is 5. The summed E-state index contributed by atoms with van der Waals surface area (Å²) in [6.07, 6.45) is 25.2. The van der Waals surface area contributed by atoms with Gasteiger partial charge in [0.15, 0.2) is 6.29 Å². The lowest BCUT2D eigenvalue weighted by molar-refractivity contribution is -0.302. The first-order valence-electron chi connectivity index (χ1n) is 20.6. The van der Waals surface area contributed by atoms with Crippen LogP contribution in [0.15, 0.2) is 0 Å². The highest BCUT2D eigenvalue weighted by Gasteiger charge is 2.44. The SMILES string of the molecule is CCCCCCCCCCCCCCCC(O)C(N)COC1OC(CO)C(O)C(O)C1O.CS(=O)CCCCCCCCCCC1CCNC1. The molecule has 0 aliphatic carbocycles. The Morgan fingerprint density at radius 3 is 1.80 bits per heavy atom. The fourth-order valence-corrected chi connectivity index (χ4v) is 7.48. The van der Waals surface area contributed by atoms with E-state index in [0.717, 1.165) is 30.9 Å². The van der Waals surface area contributed by atoms with Crippen molar-refractivity contribution < 1.29 is 39.2 Å². The van der Waals surface area contributed by atoms with Crippen molar-refractivity contribution in [1.29, 1.82) is 0 Å². The zero-order valence-electron chi connectivity index (χ0n) is 32.1. The second-order valence-corrected chi connectivity index (χ2v) is 16.6. The summed E-state index contributed by atoms with van der Waals surface area (Å²) in [7, 11) is -0.584. The van der Waals surface area contributed by atoms with Crippen molar-refractivity contribution in [2.75, 3.05) is 38.3 Å². The van der Waals surface area contributed by atoms with E-state index in [2.05, 4.69) is 12.2 Å². The van der Waals surface area contributed by atoms with Crippen LogP contribution in [-0.2, 0) is 20.3 Å². The van der Waals surface area contributed by atoms with Crippen LogP contribution in [0, 0.1) is 5.92 Å². The molecule has 0 aromatic rings. The largest absolute Gasteiger partial charge is 0.394 e. The van der Waals surface area contributed by atoms with Crippen LogP contribution in [0.1, 0.15) is 161 Å². The average Bonchev–Trinajstić information content (AvgIpc) is 3.63. The van der Waals surface area contributed by atoms with Gasteiger partial charge in [-0.25, -0.2) is 0 Å². The van der Waals surface area contributed by atoms with Crippen LogP contribution in [0.5, 0.6) is 0 Å². The Labute approximate surface area is 308 Å². The first-order valence-corrected chi connectivity index (χ1v) is 22.3. The number of nitrogens with two attached hydrogens (primary N) is 1. The van der Waals surface area contributed by atoms with Gasteiger partial charge in [0.25, 0.3) is 0 Å². The van der Waals surface area contributed by atoms with Crippen LogP contribution in [-0.4, -0.2) is 111 Å². The molecule has 0 bridgehead atoms. The van der Waals surface area contributed by atoms with E-state index in [-0.39, 0.29) is 6.61 Å². The molecule has 0 radical (unpaired) electrons. The van der Waals surface area contributed by atoms with Crippen molar-refractivity contribution in [2.24, 2.45) is 11.7 Å². The van der Waals surface area contributed by atoms with E-state index in [1.54, 1.807) is 6.26 Å². The van der Waals surface area contributed by atoms with Crippen LogP contribution in [0.2, 0.25) is 0 Å². The zero-order valence-corrected chi connectivity index (χ0v) is 32.9. The molecule has 2 aliphatic heterocycles. The molecule has 2 heterocycles. The predicted octanol–water partition coefficient (Wildman–Crippen LogP) is 5.46. The van der Waals surface area contributed by atoms with Gasteiger partial charge in [-0.2, -0.15) is 0 Å². The second kappa shape index (κ2) is 32.2. The Kier molecular flexibility index (Phi) is 30.8. The lowest BCUT2D eigenvalue weighted by Crippen LogP contribution is -2.59. The third-order valence-electron chi connectivity index (χ3n) is 10.4. The maximum absolute atomic E-state index is 10.9. The molecular weight excluding hydrogens is 657 g/mol. The molecule has 2 saturated heterocycles. The topological polar surface area (TPSA) is 175 Å². The van der Waals surface area contributed by atoms with Crippen molar-refractivity contribution in [3.05, 3.63) is 0 Å². The minimum Gasteiger partial charge on any atom is -0.394 e. The molecule has 10 nitrogen and oxygen atoms in total. The molecule has 0 aromatic carbocycles. The van der Waals surface area contributed by atoms with Gasteiger partial charge in [0.1, 0.15) is 24.4 Å². The average molecular weight is 737 g/mol. The lowest BCUT2D eigenvalue weighted by Gasteiger charge is -2.40. The number of unbranched alkanes of at least 4 members (excludes halogenated alkanes) is 19. The molecule has 2 aliphatic rings. The van der Waals surface area contributed by atoms with E-state index >= 15 is 0 Å². The zero-order chi connectivity index (χ0) is 36.8. The quantitative estimate of drug-likeness (QED) is 0.0470. The smallest absolute Gasteiger partial charge is 0.186 e. The molecular formula is C39H80N2O8S. The van der Waals surface area contributed by atoms with Gasteiger partial charge in [-0.1, -0.05) is 135 Å². The first kappa shape index (κ1) is 47.8. The number of rotatable bonds is 30. The molecule has 8 N–H and O–H groups in total. The highest BCUT2D eigenvalue weighted by atomic mass is 32.2. The van der Waals surface area contributed by atoms with Gasteiger partial charge >= 0.3 is 0 Å². The summed E-state index contributed by atoms with van der Waals surface area (Å²) in [5.41, 5.74) is 5.98. The van der Waals surface area contributed by atoms with E-state index in [1.165, 1.54) is 142 Å². The van der Waals surface area contributed by atoms with Gasteiger partial charge < -0.3 is 46.1 Å². The summed E-state index contributed by atoms with van der Waals surface area (Å²) >= 11 is 0. The van der Waals surface area contributed by atoms with Gasteiger partial charge in [0, 0.05) is 22.8 Å². The Morgan fingerprint density at radius 2 is 1.30 bits per heavy atom. The van der Waals surface area contributed by atoms with Crippen LogP contribution in [0.4, 0.5) is 0 Å². The Hall–Kier alpha value is -0.210. The fourth-order valence-electron chi connectivity index (χ4n) is 6.87. The summed E-state index contributed by atoms with van der Waals surface area (Å²) in [5, 5.41) is 52.4. The highest BCUT2D eigenvalue weighted by molar-refractivity contribution is 7.84. The minimum absolute atomic E-state index is 0.0672. The van der Waals surface area contributed by atoms with Gasteiger partial charge in [0.05, 0.1) is 25.4 Å². The molecule has 2 fully saturated rings. The van der Waals surface area contributed by atoms with Crippen LogP contribution in [0.25, 0.3) is 0 Å². The molecule has 50 heavy (non-hydrogen) atoms.